The molecule has 13 heavy (non-hydrogen) atoms. The van der Waals surface area contributed by atoms with E-state index in [1.54, 1.807) is 0 Å². The van der Waals surface area contributed by atoms with Crippen LogP contribution < -0.4 is 0 Å². The minimum absolute atomic E-state index is 0.239. The number of nitrogens with zero attached hydrogens (tertiary/aromatic N) is 2. The van der Waals surface area contributed by atoms with E-state index in [1.807, 2.05) is 7.05 Å². The summed E-state index contributed by atoms with van der Waals surface area (Å²) < 4.78 is 12.1. The molecule has 1 aliphatic rings. The van der Waals surface area contributed by atoms with Crippen molar-refractivity contribution in [2.75, 3.05) is 33.9 Å². The smallest absolute Gasteiger partial charge is 0.102 e. The summed E-state index contributed by atoms with van der Waals surface area (Å²) in [5.41, 5.74) is 0.273. The van der Waals surface area contributed by atoms with Crippen molar-refractivity contribution in [3.63, 3.8) is 0 Å². The SMILES string of the molecule is CN(CCF)[C@@H]1CN(C)C(C)(C)C1. The molecule has 2 nitrogen and oxygen atoms in total. The van der Waals surface area contributed by atoms with Crippen molar-refractivity contribution in [2.45, 2.75) is 31.8 Å². The fourth-order valence-electron chi connectivity index (χ4n) is 1.97. The maximum Gasteiger partial charge on any atom is 0.102 e. The first-order valence-corrected chi connectivity index (χ1v) is 4.95. The average Bonchev–Trinajstić information content (AvgIpc) is 2.27. The quantitative estimate of drug-likeness (QED) is 0.660. The first-order chi connectivity index (χ1) is 5.97. The third-order valence-electron chi connectivity index (χ3n) is 3.31. The van der Waals surface area contributed by atoms with Crippen LogP contribution in [0.2, 0.25) is 0 Å². The van der Waals surface area contributed by atoms with Crippen molar-refractivity contribution < 1.29 is 4.39 Å². The Morgan fingerprint density at radius 1 is 1.54 bits per heavy atom. The van der Waals surface area contributed by atoms with E-state index >= 15 is 0 Å². The minimum atomic E-state index is -0.239. The summed E-state index contributed by atoms with van der Waals surface area (Å²) in [5.74, 6) is 0. The van der Waals surface area contributed by atoms with Crippen LogP contribution in [-0.2, 0) is 0 Å². The largest absolute Gasteiger partial charge is 0.300 e. The molecule has 1 heterocycles. The third-order valence-corrected chi connectivity index (χ3v) is 3.31. The monoisotopic (exact) mass is 188 g/mol. The predicted molar refractivity (Wildman–Crippen MR) is 53.7 cm³/mol. The predicted octanol–water partition coefficient (Wildman–Crippen LogP) is 1.37. The van der Waals surface area contributed by atoms with E-state index in [0.29, 0.717) is 12.6 Å². The summed E-state index contributed by atoms with van der Waals surface area (Å²) in [7, 11) is 4.16. The van der Waals surface area contributed by atoms with Gasteiger partial charge >= 0.3 is 0 Å². The van der Waals surface area contributed by atoms with Gasteiger partial charge in [-0.3, -0.25) is 9.80 Å². The maximum absolute atomic E-state index is 12.1. The molecule has 0 aliphatic carbocycles. The van der Waals surface area contributed by atoms with Gasteiger partial charge in [-0.25, -0.2) is 4.39 Å². The highest BCUT2D eigenvalue weighted by Crippen LogP contribution is 2.28. The highest BCUT2D eigenvalue weighted by Gasteiger charge is 2.37. The lowest BCUT2D eigenvalue weighted by Crippen LogP contribution is -2.35. The Hall–Kier alpha value is -0.150. The Morgan fingerprint density at radius 2 is 2.15 bits per heavy atom. The molecule has 0 N–H and O–H groups in total. The molecule has 0 bridgehead atoms. The van der Waals surface area contributed by atoms with Crippen LogP contribution in [0.1, 0.15) is 20.3 Å². The van der Waals surface area contributed by atoms with Gasteiger partial charge in [0.05, 0.1) is 0 Å². The van der Waals surface area contributed by atoms with Gasteiger partial charge in [-0.1, -0.05) is 0 Å². The molecule has 1 atom stereocenters. The summed E-state index contributed by atoms with van der Waals surface area (Å²) >= 11 is 0. The van der Waals surface area contributed by atoms with Crippen molar-refractivity contribution in [1.29, 1.82) is 0 Å². The standard InChI is InChI=1S/C10H21FN2/c1-10(2)7-9(8-13(10)4)12(3)6-5-11/h9H,5-8H2,1-4H3/t9-/m0/s1. The Balaban J connectivity index is 2.48. The summed E-state index contributed by atoms with van der Waals surface area (Å²) in [6.45, 7) is 5.88. The zero-order valence-corrected chi connectivity index (χ0v) is 9.18. The molecule has 0 aromatic carbocycles. The van der Waals surface area contributed by atoms with Crippen LogP contribution in [-0.4, -0.2) is 55.2 Å². The van der Waals surface area contributed by atoms with E-state index < -0.39 is 0 Å². The molecule has 1 fully saturated rings. The molecule has 78 valence electrons. The Kier molecular flexibility index (Phi) is 3.30. The van der Waals surface area contributed by atoms with Gasteiger partial charge in [0.2, 0.25) is 0 Å². The van der Waals surface area contributed by atoms with Crippen LogP contribution in [0.4, 0.5) is 4.39 Å². The van der Waals surface area contributed by atoms with Gasteiger partial charge in [-0.15, -0.1) is 0 Å². The van der Waals surface area contributed by atoms with Crippen LogP contribution >= 0.6 is 0 Å². The summed E-state index contributed by atoms with van der Waals surface area (Å²) in [6, 6.07) is 0.524. The molecular formula is C10H21FN2. The van der Waals surface area contributed by atoms with Crippen molar-refractivity contribution in [3.05, 3.63) is 0 Å². The molecule has 0 aromatic heterocycles. The molecule has 0 spiro atoms. The molecule has 1 saturated heterocycles. The van der Waals surface area contributed by atoms with Gasteiger partial charge in [-0.05, 0) is 34.4 Å². The lowest BCUT2D eigenvalue weighted by atomic mass is 10.0. The van der Waals surface area contributed by atoms with Crippen LogP contribution in [0.3, 0.4) is 0 Å². The fourth-order valence-corrected chi connectivity index (χ4v) is 1.97. The molecule has 0 radical (unpaired) electrons. The number of halogens is 1. The minimum Gasteiger partial charge on any atom is -0.300 e. The van der Waals surface area contributed by atoms with E-state index in [-0.39, 0.29) is 12.2 Å². The summed E-state index contributed by atoms with van der Waals surface area (Å²) in [5, 5.41) is 0. The Bertz CT molecular complexity index is 170. The number of likely N-dealkylation sites (N-methyl/N-ethyl adjacent to an activating group) is 2. The molecular weight excluding hydrogens is 167 g/mol. The van der Waals surface area contributed by atoms with E-state index in [0.717, 1.165) is 13.0 Å². The zero-order chi connectivity index (χ0) is 10.1. The second-order valence-corrected chi connectivity index (χ2v) is 4.72. The fraction of sp³-hybridized carbons (Fsp3) is 1.00. The molecule has 0 aromatic rings. The van der Waals surface area contributed by atoms with Crippen LogP contribution in [0.5, 0.6) is 0 Å². The molecule has 0 unspecified atom stereocenters. The van der Waals surface area contributed by atoms with E-state index in [4.69, 9.17) is 0 Å². The highest BCUT2D eigenvalue weighted by molar-refractivity contribution is 4.94. The third kappa shape index (κ3) is 2.41. The molecule has 1 rings (SSSR count). The zero-order valence-electron chi connectivity index (χ0n) is 9.18. The van der Waals surface area contributed by atoms with Crippen LogP contribution in [0.15, 0.2) is 0 Å². The van der Waals surface area contributed by atoms with Gasteiger partial charge < -0.3 is 0 Å². The van der Waals surface area contributed by atoms with E-state index in [9.17, 15) is 4.39 Å². The van der Waals surface area contributed by atoms with Gasteiger partial charge in [-0.2, -0.15) is 0 Å². The first kappa shape index (κ1) is 10.9. The Morgan fingerprint density at radius 3 is 2.54 bits per heavy atom. The number of likely N-dealkylation sites (tertiary alicyclic amines) is 1. The second-order valence-electron chi connectivity index (χ2n) is 4.72. The summed E-state index contributed by atoms with van der Waals surface area (Å²) in [4.78, 5) is 4.48. The van der Waals surface area contributed by atoms with E-state index in [2.05, 4.69) is 30.7 Å². The van der Waals surface area contributed by atoms with Gasteiger partial charge in [0, 0.05) is 24.7 Å². The summed E-state index contributed by atoms with van der Waals surface area (Å²) in [6.07, 6.45) is 1.14. The number of hydrogen-bond acceptors (Lipinski definition) is 2. The maximum atomic E-state index is 12.1. The average molecular weight is 188 g/mol. The number of rotatable bonds is 3. The molecule has 3 heteroatoms. The van der Waals surface area contributed by atoms with Gasteiger partial charge in [0.15, 0.2) is 0 Å². The van der Waals surface area contributed by atoms with Crippen molar-refractivity contribution in [1.82, 2.24) is 9.80 Å². The topological polar surface area (TPSA) is 6.48 Å². The molecule has 0 amide bonds. The second kappa shape index (κ2) is 3.93. The van der Waals surface area contributed by atoms with E-state index in [1.165, 1.54) is 0 Å². The number of alkyl halides is 1. The normalized spacial score (nSPS) is 28.6. The van der Waals surface area contributed by atoms with Crippen molar-refractivity contribution in [2.24, 2.45) is 0 Å². The highest BCUT2D eigenvalue weighted by atomic mass is 19.1. The lowest BCUT2D eigenvalue weighted by Gasteiger charge is -2.26. The van der Waals surface area contributed by atoms with Crippen LogP contribution in [0, 0.1) is 0 Å². The van der Waals surface area contributed by atoms with Crippen molar-refractivity contribution in [3.8, 4) is 0 Å². The number of hydrogen-bond donors (Lipinski definition) is 0. The Labute approximate surface area is 80.7 Å². The van der Waals surface area contributed by atoms with Gasteiger partial charge in [0.25, 0.3) is 0 Å². The van der Waals surface area contributed by atoms with Crippen molar-refractivity contribution >= 4 is 0 Å². The molecule has 1 aliphatic heterocycles. The lowest BCUT2D eigenvalue weighted by molar-refractivity contribution is 0.213. The molecule has 0 saturated carbocycles. The first-order valence-electron chi connectivity index (χ1n) is 4.95. The van der Waals surface area contributed by atoms with Gasteiger partial charge in [0.1, 0.15) is 6.67 Å². The van der Waals surface area contributed by atoms with Crippen LogP contribution in [0.25, 0.3) is 0 Å².